The third-order valence-electron chi connectivity index (χ3n) is 3.06. The van der Waals surface area contributed by atoms with E-state index in [2.05, 4.69) is 31.0 Å². The number of amides is 1. The fourth-order valence-electron chi connectivity index (χ4n) is 1.67. The molecule has 1 aromatic carbocycles. The van der Waals surface area contributed by atoms with Gasteiger partial charge in [0.2, 0.25) is 5.91 Å². The molecule has 0 aliphatic heterocycles. The van der Waals surface area contributed by atoms with Gasteiger partial charge in [0, 0.05) is 18.1 Å². The van der Waals surface area contributed by atoms with E-state index in [0.717, 1.165) is 10.8 Å². The van der Waals surface area contributed by atoms with Crippen molar-refractivity contribution >= 4 is 17.7 Å². The van der Waals surface area contributed by atoms with E-state index in [-0.39, 0.29) is 11.2 Å². The molecule has 2 rings (SSSR count). The van der Waals surface area contributed by atoms with E-state index in [9.17, 15) is 4.79 Å². The number of imidazole rings is 1. The van der Waals surface area contributed by atoms with Crippen molar-refractivity contribution in [2.24, 2.45) is 5.73 Å². The third kappa shape index (κ3) is 2.98. The van der Waals surface area contributed by atoms with Crippen molar-refractivity contribution in [2.45, 2.75) is 31.2 Å². The minimum Gasteiger partial charge on any atom is -0.369 e. The second kappa shape index (κ2) is 5.48. The zero-order valence-electron chi connectivity index (χ0n) is 11.3. The first-order valence-electron chi connectivity index (χ1n) is 6.06. The minimum absolute atomic E-state index is 0.298. The topological polar surface area (TPSA) is 60.9 Å². The molecule has 1 aromatic heterocycles. The summed E-state index contributed by atoms with van der Waals surface area (Å²) in [4.78, 5) is 15.4. The van der Waals surface area contributed by atoms with E-state index in [1.54, 1.807) is 13.1 Å². The number of aromatic nitrogens is 2. The van der Waals surface area contributed by atoms with Gasteiger partial charge in [0.05, 0.1) is 5.25 Å². The summed E-state index contributed by atoms with van der Waals surface area (Å²) in [7, 11) is 0. The molecule has 0 saturated carbocycles. The Morgan fingerprint density at radius 2 is 2.11 bits per heavy atom. The van der Waals surface area contributed by atoms with Crippen molar-refractivity contribution in [3.63, 3.8) is 0 Å². The molecule has 1 amide bonds. The van der Waals surface area contributed by atoms with Gasteiger partial charge in [0.1, 0.15) is 0 Å². The molecule has 0 aliphatic rings. The number of thioether (sulfide) groups is 1. The molecule has 1 atom stereocenters. The Bertz CT molecular complexity index is 606. The summed E-state index contributed by atoms with van der Waals surface area (Å²) in [6.45, 7) is 5.94. The van der Waals surface area contributed by atoms with Crippen LogP contribution in [0, 0.1) is 13.8 Å². The summed E-state index contributed by atoms with van der Waals surface area (Å²) >= 11 is 1.37. The molecule has 1 unspecified atom stereocenters. The lowest BCUT2D eigenvalue weighted by Gasteiger charge is -2.11. The molecule has 2 N–H and O–H groups in total. The van der Waals surface area contributed by atoms with E-state index in [0.29, 0.717) is 0 Å². The number of aryl methyl sites for hydroxylation is 2. The largest absolute Gasteiger partial charge is 0.369 e. The first kappa shape index (κ1) is 13.7. The van der Waals surface area contributed by atoms with Gasteiger partial charge in [-0.15, -0.1) is 0 Å². The highest BCUT2D eigenvalue weighted by Gasteiger charge is 2.15. The van der Waals surface area contributed by atoms with Crippen molar-refractivity contribution in [3.8, 4) is 5.69 Å². The molecule has 0 spiro atoms. The Labute approximate surface area is 117 Å². The van der Waals surface area contributed by atoms with Crippen LogP contribution in [0.4, 0.5) is 0 Å². The number of rotatable bonds is 4. The fraction of sp³-hybridized carbons (Fsp3) is 0.286. The molecular weight excluding hydrogens is 258 g/mol. The Kier molecular flexibility index (Phi) is 3.95. The summed E-state index contributed by atoms with van der Waals surface area (Å²) < 4.78 is 1.97. The van der Waals surface area contributed by atoms with Crippen molar-refractivity contribution in [1.29, 1.82) is 0 Å². The average molecular weight is 275 g/mol. The fourth-order valence-corrected chi connectivity index (χ4v) is 2.50. The molecule has 0 aliphatic carbocycles. The van der Waals surface area contributed by atoms with E-state index >= 15 is 0 Å². The summed E-state index contributed by atoms with van der Waals surface area (Å²) in [6, 6.07) is 6.23. The summed E-state index contributed by atoms with van der Waals surface area (Å²) in [6.07, 6.45) is 3.62. The first-order chi connectivity index (χ1) is 8.99. The molecule has 0 radical (unpaired) electrons. The van der Waals surface area contributed by atoms with Crippen molar-refractivity contribution < 1.29 is 4.79 Å². The zero-order chi connectivity index (χ0) is 14.0. The van der Waals surface area contributed by atoms with E-state index < -0.39 is 0 Å². The van der Waals surface area contributed by atoms with Crippen LogP contribution in [0.1, 0.15) is 18.1 Å². The van der Waals surface area contributed by atoms with Crippen LogP contribution in [0.15, 0.2) is 35.7 Å². The Hall–Kier alpha value is -1.75. The van der Waals surface area contributed by atoms with Crippen LogP contribution in [-0.2, 0) is 4.79 Å². The highest BCUT2D eigenvalue weighted by Crippen LogP contribution is 2.25. The lowest BCUT2D eigenvalue weighted by atomic mass is 10.1. The second-order valence-electron chi connectivity index (χ2n) is 4.51. The van der Waals surface area contributed by atoms with Gasteiger partial charge in [0.15, 0.2) is 5.16 Å². The monoisotopic (exact) mass is 275 g/mol. The van der Waals surface area contributed by atoms with Crippen molar-refractivity contribution in [2.75, 3.05) is 0 Å². The van der Waals surface area contributed by atoms with Gasteiger partial charge < -0.3 is 5.73 Å². The quantitative estimate of drug-likeness (QED) is 0.872. The van der Waals surface area contributed by atoms with Crippen LogP contribution in [0.25, 0.3) is 5.69 Å². The van der Waals surface area contributed by atoms with Gasteiger partial charge in [-0.25, -0.2) is 4.98 Å². The zero-order valence-corrected chi connectivity index (χ0v) is 12.1. The molecular formula is C14H17N3OS. The van der Waals surface area contributed by atoms with Crippen LogP contribution in [0.5, 0.6) is 0 Å². The lowest BCUT2D eigenvalue weighted by molar-refractivity contribution is -0.117. The van der Waals surface area contributed by atoms with Crippen molar-refractivity contribution in [1.82, 2.24) is 9.55 Å². The lowest BCUT2D eigenvalue weighted by Crippen LogP contribution is -2.22. The molecule has 100 valence electrons. The Morgan fingerprint density at radius 1 is 1.37 bits per heavy atom. The van der Waals surface area contributed by atoms with Gasteiger partial charge in [-0.3, -0.25) is 9.36 Å². The number of benzene rings is 1. The molecule has 0 bridgehead atoms. The van der Waals surface area contributed by atoms with Gasteiger partial charge >= 0.3 is 0 Å². The number of hydrogen-bond acceptors (Lipinski definition) is 3. The number of carbonyl (C=O) groups is 1. The van der Waals surface area contributed by atoms with Crippen LogP contribution >= 0.6 is 11.8 Å². The minimum atomic E-state index is -0.334. The number of nitrogens with zero attached hydrogens (tertiary/aromatic N) is 2. The summed E-state index contributed by atoms with van der Waals surface area (Å²) in [5, 5.41) is 0.474. The average Bonchev–Trinajstić information content (AvgIpc) is 2.80. The molecule has 4 nitrogen and oxygen atoms in total. The normalized spacial score (nSPS) is 12.4. The van der Waals surface area contributed by atoms with Crippen LogP contribution in [-0.4, -0.2) is 20.7 Å². The van der Waals surface area contributed by atoms with Gasteiger partial charge in [-0.05, 0) is 44.0 Å². The number of nitrogens with two attached hydrogens (primary N) is 1. The molecule has 0 saturated heterocycles. The second-order valence-corrected chi connectivity index (χ2v) is 5.82. The summed E-state index contributed by atoms with van der Waals surface area (Å²) in [5.74, 6) is -0.334. The third-order valence-corrected chi connectivity index (χ3v) is 4.16. The predicted octanol–water partition coefficient (Wildman–Crippen LogP) is 2.46. The summed E-state index contributed by atoms with van der Waals surface area (Å²) in [5.41, 5.74) is 8.81. The first-order valence-corrected chi connectivity index (χ1v) is 6.94. The maximum Gasteiger partial charge on any atom is 0.230 e. The van der Waals surface area contributed by atoms with Crippen LogP contribution in [0.2, 0.25) is 0 Å². The number of primary amides is 1. The highest BCUT2D eigenvalue weighted by atomic mass is 32.2. The Morgan fingerprint density at radius 3 is 2.74 bits per heavy atom. The SMILES string of the molecule is Cc1ccc(-n2ccnc2SC(C)C(N)=O)cc1C. The van der Waals surface area contributed by atoms with Gasteiger partial charge in [-0.1, -0.05) is 17.8 Å². The van der Waals surface area contributed by atoms with Crippen LogP contribution < -0.4 is 5.73 Å². The molecule has 0 fully saturated rings. The maximum absolute atomic E-state index is 11.1. The molecule has 1 heterocycles. The smallest absolute Gasteiger partial charge is 0.230 e. The number of carbonyl (C=O) groups excluding carboxylic acids is 1. The molecule has 5 heteroatoms. The van der Waals surface area contributed by atoms with E-state index in [1.807, 2.05) is 16.8 Å². The maximum atomic E-state index is 11.1. The van der Waals surface area contributed by atoms with Gasteiger partial charge in [-0.2, -0.15) is 0 Å². The standard InChI is InChI=1S/C14H17N3OS/c1-9-4-5-12(8-10(9)2)17-7-6-16-14(17)19-11(3)13(15)18/h4-8,11H,1-3H3,(H2,15,18). The Balaban J connectivity index is 2.33. The van der Waals surface area contributed by atoms with Crippen LogP contribution in [0.3, 0.4) is 0 Å². The molecule has 2 aromatic rings. The van der Waals surface area contributed by atoms with Gasteiger partial charge in [0.25, 0.3) is 0 Å². The van der Waals surface area contributed by atoms with E-state index in [1.165, 1.54) is 22.9 Å². The predicted molar refractivity (Wildman–Crippen MR) is 77.6 cm³/mol. The molecule has 19 heavy (non-hydrogen) atoms. The highest BCUT2D eigenvalue weighted by molar-refractivity contribution is 8.00. The van der Waals surface area contributed by atoms with Crippen molar-refractivity contribution in [3.05, 3.63) is 41.7 Å². The van der Waals surface area contributed by atoms with E-state index in [4.69, 9.17) is 5.73 Å². The number of hydrogen-bond donors (Lipinski definition) is 1.